The zero-order valence-corrected chi connectivity index (χ0v) is 12.7. The highest BCUT2D eigenvalue weighted by atomic mass is 32.1. The van der Waals surface area contributed by atoms with Crippen LogP contribution in [0.4, 0.5) is 0 Å². The van der Waals surface area contributed by atoms with Gasteiger partial charge in [-0.05, 0) is 36.9 Å². The number of hydrogen-bond acceptors (Lipinski definition) is 4. The fourth-order valence-corrected chi connectivity index (χ4v) is 3.04. The van der Waals surface area contributed by atoms with Crippen LogP contribution >= 0.6 is 11.3 Å². The van der Waals surface area contributed by atoms with Crippen molar-refractivity contribution in [3.63, 3.8) is 0 Å². The summed E-state index contributed by atoms with van der Waals surface area (Å²) in [5, 5.41) is 5.22. The minimum absolute atomic E-state index is 0.0505. The van der Waals surface area contributed by atoms with Crippen molar-refractivity contribution < 1.29 is 0 Å². The maximum absolute atomic E-state index is 11.8. The van der Waals surface area contributed by atoms with Crippen LogP contribution < -0.4 is 10.9 Å². The molecule has 0 amide bonds. The molecule has 108 valence electrons. The summed E-state index contributed by atoms with van der Waals surface area (Å²) in [5.41, 5.74) is 3.32. The number of benzene rings is 1. The lowest BCUT2D eigenvalue weighted by molar-refractivity contribution is 0.660. The molecular formula is C16H17N3OS. The van der Waals surface area contributed by atoms with Crippen molar-refractivity contribution in [1.29, 1.82) is 0 Å². The van der Waals surface area contributed by atoms with Crippen LogP contribution in [0, 0.1) is 6.92 Å². The highest BCUT2D eigenvalue weighted by Crippen LogP contribution is 2.13. The molecule has 0 spiro atoms. The van der Waals surface area contributed by atoms with Gasteiger partial charge in [-0.1, -0.05) is 29.8 Å². The minimum Gasteiger partial charge on any atom is -0.310 e. The van der Waals surface area contributed by atoms with E-state index in [-0.39, 0.29) is 5.56 Å². The zero-order chi connectivity index (χ0) is 14.7. The van der Waals surface area contributed by atoms with E-state index in [9.17, 15) is 4.79 Å². The Morgan fingerprint density at radius 3 is 3.10 bits per heavy atom. The van der Waals surface area contributed by atoms with E-state index in [2.05, 4.69) is 46.5 Å². The second-order valence-electron chi connectivity index (χ2n) is 5.06. The average molecular weight is 299 g/mol. The summed E-state index contributed by atoms with van der Waals surface area (Å²) < 4.78 is 0.693. The summed E-state index contributed by atoms with van der Waals surface area (Å²) in [6.45, 7) is 3.53. The molecule has 4 nitrogen and oxygen atoms in total. The Kier molecular flexibility index (Phi) is 4.13. The van der Waals surface area contributed by atoms with Gasteiger partial charge in [0, 0.05) is 0 Å². The van der Waals surface area contributed by atoms with E-state index in [1.807, 2.05) is 11.4 Å². The molecule has 3 aromatic rings. The van der Waals surface area contributed by atoms with E-state index in [0.717, 1.165) is 18.5 Å². The Balaban J connectivity index is 1.58. The Morgan fingerprint density at radius 1 is 1.33 bits per heavy atom. The van der Waals surface area contributed by atoms with Crippen LogP contribution in [0.2, 0.25) is 0 Å². The predicted octanol–water partition coefficient (Wildman–Crippen LogP) is 2.63. The fraction of sp³-hybridized carbons (Fsp3) is 0.250. The molecule has 0 aliphatic rings. The predicted molar refractivity (Wildman–Crippen MR) is 86.8 cm³/mol. The van der Waals surface area contributed by atoms with E-state index in [4.69, 9.17) is 0 Å². The van der Waals surface area contributed by atoms with E-state index < -0.39 is 0 Å². The first-order valence-corrected chi connectivity index (χ1v) is 7.83. The van der Waals surface area contributed by atoms with Crippen LogP contribution in [0.15, 0.2) is 40.5 Å². The molecule has 0 atom stereocenters. The van der Waals surface area contributed by atoms with Gasteiger partial charge < -0.3 is 10.3 Å². The fourth-order valence-electron chi connectivity index (χ4n) is 2.31. The molecule has 0 fully saturated rings. The van der Waals surface area contributed by atoms with Gasteiger partial charge in [0.25, 0.3) is 5.56 Å². The van der Waals surface area contributed by atoms with E-state index in [1.165, 1.54) is 22.5 Å². The molecule has 0 saturated heterocycles. The van der Waals surface area contributed by atoms with Crippen LogP contribution in [-0.2, 0) is 13.0 Å². The third-order valence-electron chi connectivity index (χ3n) is 3.33. The molecule has 0 bridgehead atoms. The number of fused-ring (bicyclic) bond motifs is 1. The molecule has 0 radical (unpaired) electrons. The molecule has 0 aliphatic heterocycles. The van der Waals surface area contributed by atoms with Gasteiger partial charge in [-0.25, -0.2) is 4.98 Å². The summed E-state index contributed by atoms with van der Waals surface area (Å²) in [5.74, 6) is 0.690. The summed E-state index contributed by atoms with van der Waals surface area (Å²) >= 11 is 1.42. The van der Waals surface area contributed by atoms with Crippen LogP contribution in [0.5, 0.6) is 0 Å². The lowest BCUT2D eigenvalue weighted by Gasteiger charge is -2.05. The molecule has 1 aromatic carbocycles. The SMILES string of the molecule is Cc1cccc(CCNCc2nc3ccsc3c(=O)[nH]2)c1. The van der Waals surface area contributed by atoms with Crippen molar-refractivity contribution in [2.45, 2.75) is 19.9 Å². The van der Waals surface area contributed by atoms with Crippen LogP contribution in [0.1, 0.15) is 17.0 Å². The minimum atomic E-state index is -0.0505. The first-order valence-electron chi connectivity index (χ1n) is 6.95. The highest BCUT2D eigenvalue weighted by molar-refractivity contribution is 7.17. The van der Waals surface area contributed by atoms with Crippen LogP contribution in [0.25, 0.3) is 10.2 Å². The number of nitrogens with one attached hydrogen (secondary N) is 2. The second kappa shape index (κ2) is 6.20. The van der Waals surface area contributed by atoms with Gasteiger partial charge in [-0.3, -0.25) is 4.79 Å². The maximum Gasteiger partial charge on any atom is 0.268 e. The van der Waals surface area contributed by atoms with Crippen molar-refractivity contribution >= 4 is 21.6 Å². The molecule has 2 aromatic heterocycles. The third-order valence-corrected chi connectivity index (χ3v) is 4.23. The van der Waals surface area contributed by atoms with Crippen molar-refractivity contribution in [1.82, 2.24) is 15.3 Å². The first-order chi connectivity index (χ1) is 10.2. The smallest absolute Gasteiger partial charge is 0.268 e. The normalized spacial score (nSPS) is 11.1. The van der Waals surface area contributed by atoms with Crippen molar-refractivity contribution in [3.05, 3.63) is 63.0 Å². The van der Waals surface area contributed by atoms with E-state index in [0.29, 0.717) is 17.1 Å². The molecule has 3 rings (SSSR count). The molecule has 0 unspecified atom stereocenters. The standard InChI is InChI=1S/C16H17N3OS/c1-11-3-2-4-12(9-11)5-7-17-10-14-18-13-6-8-21-15(13)16(20)19-14/h2-4,6,8-9,17H,5,7,10H2,1H3,(H,18,19,20). The molecule has 21 heavy (non-hydrogen) atoms. The summed E-state index contributed by atoms with van der Waals surface area (Å²) in [4.78, 5) is 19.1. The Hall–Kier alpha value is -1.98. The third kappa shape index (κ3) is 3.37. The Bertz CT molecular complexity index is 806. The van der Waals surface area contributed by atoms with E-state index in [1.54, 1.807) is 0 Å². The monoisotopic (exact) mass is 299 g/mol. The molecule has 2 N–H and O–H groups in total. The number of nitrogens with zero attached hydrogens (tertiary/aromatic N) is 1. The first kappa shape index (κ1) is 14.0. The lowest BCUT2D eigenvalue weighted by atomic mass is 10.1. The number of H-pyrrole nitrogens is 1. The number of aromatic nitrogens is 2. The molecule has 0 saturated carbocycles. The summed E-state index contributed by atoms with van der Waals surface area (Å²) in [6, 6.07) is 10.4. The topological polar surface area (TPSA) is 57.8 Å². The second-order valence-corrected chi connectivity index (χ2v) is 5.98. The number of hydrogen-bond donors (Lipinski definition) is 2. The summed E-state index contributed by atoms with van der Waals surface area (Å²) in [7, 11) is 0. The molecular weight excluding hydrogens is 282 g/mol. The zero-order valence-electron chi connectivity index (χ0n) is 11.8. The maximum atomic E-state index is 11.8. The largest absolute Gasteiger partial charge is 0.310 e. The van der Waals surface area contributed by atoms with Gasteiger partial charge in [0.15, 0.2) is 0 Å². The van der Waals surface area contributed by atoms with Gasteiger partial charge in [-0.15, -0.1) is 11.3 Å². The van der Waals surface area contributed by atoms with Gasteiger partial charge in [-0.2, -0.15) is 0 Å². The Labute approximate surface area is 126 Å². The van der Waals surface area contributed by atoms with Gasteiger partial charge in [0.1, 0.15) is 10.5 Å². The molecule has 0 aliphatic carbocycles. The quantitative estimate of drug-likeness (QED) is 0.712. The van der Waals surface area contributed by atoms with Gasteiger partial charge >= 0.3 is 0 Å². The Morgan fingerprint density at radius 2 is 2.24 bits per heavy atom. The molecule has 5 heteroatoms. The average Bonchev–Trinajstić information content (AvgIpc) is 2.93. The number of aromatic amines is 1. The van der Waals surface area contributed by atoms with Crippen LogP contribution in [-0.4, -0.2) is 16.5 Å². The molecule has 2 heterocycles. The number of thiophene rings is 1. The van der Waals surface area contributed by atoms with E-state index >= 15 is 0 Å². The number of aryl methyl sites for hydroxylation is 1. The van der Waals surface area contributed by atoms with Crippen molar-refractivity contribution in [2.75, 3.05) is 6.54 Å². The van der Waals surface area contributed by atoms with Crippen molar-refractivity contribution in [2.24, 2.45) is 0 Å². The number of rotatable bonds is 5. The van der Waals surface area contributed by atoms with Gasteiger partial charge in [0.2, 0.25) is 0 Å². The lowest BCUT2D eigenvalue weighted by Crippen LogP contribution is -2.21. The highest BCUT2D eigenvalue weighted by Gasteiger charge is 2.04. The van der Waals surface area contributed by atoms with Gasteiger partial charge in [0.05, 0.1) is 12.1 Å². The van der Waals surface area contributed by atoms with Crippen LogP contribution in [0.3, 0.4) is 0 Å². The van der Waals surface area contributed by atoms with Crippen molar-refractivity contribution in [3.8, 4) is 0 Å². The summed E-state index contributed by atoms with van der Waals surface area (Å²) in [6.07, 6.45) is 0.965.